The lowest BCUT2D eigenvalue weighted by Crippen LogP contribution is -2.46. The molecule has 0 atom stereocenters. The van der Waals surface area contributed by atoms with Gasteiger partial charge in [-0.1, -0.05) is 0 Å². The first-order valence-electron chi connectivity index (χ1n) is 6.75. The zero-order chi connectivity index (χ0) is 14.4. The maximum atomic E-state index is 12.2. The molecule has 1 aliphatic rings. The van der Waals surface area contributed by atoms with Gasteiger partial charge in [0.25, 0.3) is 5.91 Å². The summed E-state index contributed by atoms with van der Waals surface area (Å²) in [6.45, 7) is 1.30. The average Bonchev–Trinajstić information content (AvgIpc) is 2.48. The Morgan fingerprint density at radius 1 is 1.40 bits per heavy atom. The molecule has 1 aromatic rings. The molecule has 2 rings (SSSR count). The normalized spacial score (nSPS) is 15.9. The van der Waals surface area contributed by atoms with E-state index in [1.165, 1.54) is 0 Å². The molecule has 0 unspecified atom stereocenters. The van der Waals surface area contributed by atoms with E-state index in [9.17, 15) is 9.59 Å². The van der Waals surface area contributed by atoms with Gasteiger partial charge in [-0.15, -0.1) is 11.6 Å². The van der Waals surface area contributed by atoms with E-state index in [4.69, 9.17) is 11.6 Å². The van der Waals surface area contributed by atoms with Crippen LogP contribution in [0.5, 0.6) is 0 Å². The Balaban J connectivity index is 1.82. The molecule has 0 spiro atoms. The second-order valence-electron chi connectivity index (χ2n) is 4.81. The van der Waals surface area contributed by atoms with Gasteiger partial charge in [0.1, 0.15) is 0 Å². The third-order valence-corrected chi connectivity index (χ3v) is 3.57. The summed E-state index contributed by atoms with van der Waals surface area (Å²) in [6.07, 6.45) is 5.13. The molecule has 2 amide bonds. The smallest absolute Gasteiger partial charge is 0.255 e. The third-order valence-electron chi connectivity index (χ3n) is 3.38. The Kier molecular flexibility index (Phi) is 5.35. The van der Waals surface area contributed by atoms with Crippen LogP contribution in [0.25, 0.3) is 0 Å². The average molecular weight is 296 g/mol. The van der Waals surface area contributed by atoms with Crippen LogP contribution in [0.2, 0.25) is 0 Å². The highest BCUT2D eigenvalue weighted by molar-refractivity contribution is 6.18. The quantitative estimate of drug-likeness (QED) is 0.855. The topological polar surface area (TPSA) is 62.3 Å². The van der Waals surface area contributed by atoms with E-state index in [0.717, 1.165) is 12.8 Å². The van der Waals surface area contributed by atoms with Gasteiger partial charge in [0.05, 0.1) is 5.56 Å². The molecule has 2 heterocycles. The molecular weight excluding hydrogens is 278 g/mol. The second kappa shape index (κ2) is 7.24. The fourth-order valence-corrected chi connectivity index (χ4v) is 2.46. The summed E-state index contributed by atoms with van der Waals surface area (Å²) in [7, 11) is 0. The molecule has 5 nitrogen and oxygen atoms in total. The van der Waals surface area contributed by atoms with Crippen molar-refractivity contribution in [2.45, 2.75) is 25.3 Å². The number of carbonyl (C=O) groups is 2. The predicted molar refractivity (Wildman–Crippen MR) is 76.6 cm³/mol. The van der Waals surface area contributed by atoms with Gasteiger partial charge in [0.2, 0.25) is 5.91 Å². The van der Waals surface area contributed by atoms with Gasteiger partial charge in [0, 0.05) is 43.8 Å². The maximum absolute atomic E-state index is 12.2. The van der Waals surface area contributed by atoms with Crippen molar-refractivity contribution in [3.05, 3.63) is 30.1 Å². The highest BCUT2D eigenvalue weighted by Gasteiger charge is 2.24. The number of nitrogens with one attached hydrogen (secondary N) is 1. The van der Waals surface area contributed by atoms with Crippen LogP contribution >= 0.6 is 11.6 Å². The minimum Gasteiger partial charge on any atom is -0.353 e. The third kappa shape index (κ3) is 3.93. The zero-order valence-corrected chi connectivity index (χ0v) is 12.0. The van der Waals surface area contributed by atoms with Gasteiger partial charge in [0.15, 0.2) is 0 Å². The Hall–Kier alpha value is -1.62. The van der Waals surface area contributed by atoms with Crippen molar-refractivity contribution in [1.29, 1.82) is 0 Å². The number of rotatable bonds is 4. The number of nitrogens with zero attached hydrogens (tertiary/aromatic N) is 2. The number of hydrogen-bond acceptors (Lipinski definition) is 3. The highest BCUT2D eigenvalue weighted by Crippen LogP contribution is 2.13. The van der Waals surface area contributed by atoms with Crippen LogP contribution in [0.15, 0.2) is 24.5 Å². The summed E-state index contributed by atoms with van der Waals surface area (Å²) in [5, 5.41) is 2.95. The van der Waals surface area contributed by atoms with Crippen LogP contribution in [0, 0.1) is 0 Å². The first kappa shape index (κ1) is 14.8. The number of alkyl halides is 1. The summed E-state index contributed by atoms with van der Waals surface area (Å²) < 4.78 is 0. The lowest BCUT2D eigenvalue weighted by molar-refractivity contribution is -0.121. The molecule has 6 heteroatoms. The van der Waals surface area contributed by atoms with Crippen molar-refractivity contribution >= 4 is 23.4 Å². The van der Waals surface area contributed by atoms with E-state index in [2.05, 4.69) is 10.3 Å². The monoisotopic (exact) mass is 295 g/mol. The Labute approximate surface area is 123 Å². The summed E-state index contributed by atoms with van der Waals surface area (Å²) >= 11 is 5.53. The van der Waals surface area contributed by atoms with E-state index in [1.54, 1.807) is 29.4 Å². The summed E-state index contributed by atoms with van der Waals surface area (Å²) in [6, 6.07) is 3.67. The van der Waals surface area contributed by atoms with Crippen LogP contribution in [-0.2, 0) is 4.79 Å². The van der Waals surface area contributed by atoms with Crippen molar-refractivity contribution < 1.29 is 9.59 Å². The van der Waals surface area contributed by atoms with Crippen molar-refractivity contribution in [1.82, 2.24) is 15.2 Å². The van der Waals surface area contributed by atoms with Crippen molar-refractivity contribution in [2.24, 2.45) is 0 Å². The SMILES string of the molecule is O=C(CCCl)NC1CCN(C(=O)c2cccnc2)CC1. The molecule has 1 saturated heterocycles. The lowest BCUT2D eigenvalue weighted by atomic mass is 10.0. The van der Waals surface area contributed by atoms with Crippen LogP contribution < -0.4 is 5.32 Å². The van der Waals surface area contributed by atoms with Crippen LogP contribution in [0.4, 0.5) is 0 Å². The van der Waals surface area contributed by atoms with E-state index < -0.39 is 0 Å². The van der Waals surface area contributed by atoms with E-state index in [0.29, 0.717) is 31.0 Å². The van der Waals surface area contributed by atoms with Gasteiger partial charge >= 0.3 is 0 Å². The fraction of sp³-hybridized carbons (Fsp3) is 0.500. The Morgan fingerprint density at radius 2 is 2.15 bits per heavy atom. The first-order chi connectivity index (χ1) is 9.70. The van der Waals surface area contributed by atoms with Crippen LogP contribution in [0.3, 0.4) is 0 Å². The molecule has 1 aromatic heterocycles. The van der Waals surface area contributed by atoms with Gasteiger partial charge in [-0.05, 0) is 25.0 Å². The summed E-state index contributed by atoms with van der Waals surface area (Å²) in [4.78, 5) is 29.4. The second-order valence-corrected chi connectivity index (χ2v) is 5.19. The minimum atomic E-state index is -0.0166. The van der Waals surface area contributed by atoms with E-state index in [-0.39, 0.29) is 17.9 Å². The predicted octanol–water partition coefficient (Wildman–Crippen LogP) is 1.43. The molecule has 0 saturated carbocycles. The summed E-state index contributed by atoms with van der Waals surface area (Å²) in [5.74, 6) is 0.324. The lowest BCUT2D eigenvalue weighted by Gasteiger charge is -2.32. The number of amides is 2. The summed E-state index contributed by atoms with van der Waals surface area (Å²) in [5.41, 5.74) is 0.608. The highest BCUT2D eigenvalue weighted by atomic mass is 35.5. The van der Waals surface area contributed by atoms with Gasteiger partial charge in [-0.2, -0.15) is 0 Å². The molecule has 20 heavy (non-hydrogen) atoms. The molecule has 108 valence electrons. The number of halogens is 1. The zero-order valence-electron chi connectivity index (χ0n) is 11.2. The van der Waals surface area contributed by atoms with E-state index in [1.807, 2.05) is 0 Å². The molecule has 0 aromatic carbocycles. The molecule has 1 aliphatic heterocycles. The van der Waals surface area contributed by atoms with Crippen molar-refractivity contribution in [3.63, 3.8) is 0 Å². The number of pyridine rings is 1. The largest absolute Gasteiger partial charge is 0.353 e. The number of likely N-dealkylation sites (tertiary alicyclic amines) is 1. The van der Waals surface area contributed by atoms with Crippen LogP contribution in [0.1, 0.15) is 29.6 Å². The molecule has 0 aliphatic carbocycles. The number of carbonyl (C=O) groups excluding carboxylic acids is 2. The Morgan fingerprint density at radius 3 is 2.75 bits per heavy atom. The van der Waals surface area contributed by atoms with E-state index >= 15 is 0 Å². The molecule has 1 fully saturated rings. The van der Waals surface area contributed by atoms with Gasteiger partial charge in [-0.3, -0.25) is 14.6 Å². The number of piperidine rings is 1. The van der Waals surface area contributed by atoms with Crippen LogP contribution in [-0.4, -0.2) is 46.7 Å². The van der Waals surface area contributed by atoms with Crippen molar-refractivity contribution in [2.75, 3.05) is 19.0 Å². The molecule has 1 N–H and O–H groups in total. The maximum Gasteiger partial charge on any atom is 0.255 e. The molecular formula is C14H18ClN3O2. The molecule has 0 radical (unpaired) electrons. The standard InChI is InChI=1S/C14H18ClN3O2/c15-6-3-13(19)17-12-4-8-18(9-5-12)14(20)11-2-1-7-16-10-11/h1-2,7,10,12H,3-6,8-9H2,(H,17,19). The number of aromatic nitrogens is 1. The molecule has 0 bridgehead atoms. The van der Waals surface area contributed by atoms with Gasteiger partial charge in [-0.25, -0.2) is 0 Å². The minimum absolute atomic E-state index is 0.00337. The van der Waals surface area contributed by atoms with Gasteiger partial charge < -0.3 is 10.2 Å². The number of hydrogen-bond donors (Lipinski definition) is 1. The van der Waals surface area contributed by atoms with Crippen molar-refractivity contribution in [3.8, 4) is 0 Å². The fourth-order valence-electron chi connectivity index (χ4n) is 2.28. The first-order valence-corrected chi connectivity index (χ1v) is 7.29. The Bertz CT molecular complexity index is 459.